The van der Waals surface area contributed by atoms with Crippen LogP contribution in [0.4, 0.5) is 0 Å². The summed E-state index contributed by atoms with van der Waals surface area (Å²) in [4.78, 5) is 18.0. The van der Waals surface area contributed by atoms with Gasteiger partial charge in [0, 0.05) is 17.5 Å². The van der Waals surface area contributed by atoms with Crippen LogP contribution in [0.3, 0.4) is 0 Å². The molecular formula is C31H38N2O5. The molecule has 0 spiro atoms. The fourth-order valence-corrected chi connectivity index (χ4v) is 4.84. The Kier molecular flexibility index (Phi) is 9.15. The molecule has 1 unspecified atom stereocenters. The summed E-state index contributed by atoms with van der Waals surface area (Å²) < 4.78 is 10.8. The summed E-state index contributed by atoms with van der Waals surface area (Å²) in [5.41, 5.74) is 3.99. The van der Waals surface area contributed by atoms with E-state index in [0.717, 1.165) is 37.2 Å². The van der Waals surface area contributed by atoms with Gasteiger partial charge in [-0.1, -0.05) is 29.8 Å². The number of Topliss-reactive ketones (excluding diaryl/α,β-unsaturated/α-hetero) is 1. The van der Waals surface area contributed by atoms with Crippen molar-refractivity contribution < 1.29 is 24.5 Å². The van der Waals surface area contributed by atoms with Crippen LogP contribution in [0.15, 0.2) is 54.6 Å². The van der Waals surface area contributed by atoms with Crippen LogP contribution in [-0.2, 0) is 5.60 Å². The first-order valence-electron chi connectivity index (χ1n) is 13.3. The van der Waals surface area contributed by atoms with Crippen molar-refractivity contribution in [1.29, 1.82) is 0 Å². The molecule has 1 fully saturated rings. The number of aromatic nitrogens is 1. The highest BCUT2D eigenvalue weighted by Gasteiger charge is 2.29. The van der Waals surface area contributed by atoms with Crippen LogP contribution in [0.5, 0.6) is 11.5 Å². The Morgan fingerprint density at radius 2 is 1.82 bits per heavy atom. The predicted molar refractivity (Wildman–Crippen MR) is 148 cm³/mol. The Hall–Kier alpha value is -3.26. The lowest BCUT2D eigenvalue weighted by Gasteiger charge is -2.27. The lowest BCUT2D eigenvalue weighted by atomic mass is 9.86. The zero-order valence-corrected chi connectivity index (χ0v) is 22.5. The number of nitrogens with zero attached hydrogens (tertiary/aromatic N) is 1. The number of methoxy groups -OCH3 is 1. The molecule has 1 aliphatic rings. The first kappa shape index (κ1) is 27.8. The highest BCUT2D eigenvalue weighted by molar-refractivity contribution is 5.96. The maximum atomic E-state index is 13.1. The van der Waals surface area contributed by atoms with E-state index in [0.29, 0.717) is 28.7 Å². The van der Waals surface area contributed by atoms with Gasteiger partial charge in [0.05, 0.1) is 25.1 Å². The molecular weight excluding hydrogens is 480 g/mol. The largest absolute Gasteiger partial charge is 0.493 e. The summed E-state index contributed by atoms with van der Waals surface area (Å²) in [6.07, 6.45) is 2.45. The van der Waals surface area contributed by atoms with Crippen molar-refractivity contribution in [1.82, 2.24) is 10.3 Å². The third-order valence-corrected chi connectivity index (χ3v) is 7.23. The van der Waals surface area contributed by atoms with Gasteiger partial charge in [-0.15, -0.1) is 0 Å². The molecule has 0 bridgehead atoms. The molecule has 38 heavy (non-hydrogen) atoms. The van der Waals surface area contributed by atoms with E-state index in [1.54, 1.807) is 25.1 Å². The van der Waals surface area contributed by atoms with Crippen molar-refractivity contribution in [2.75, 3.05) is 33.4 Å². The SMILES string of the molecule is COc1cc(C(=O)CCC(C)(O)c2cc(C3CCNCC3)cc(-c3ccc(C)cc3)n2)ccc1OCCO. The number of hydrogen-bond acceptors (Lipinski definition) is 7. The zero-order valence-electron chi connectivity index (χ0n) is 22.5. The number of carbonyl (C=O) groups excluding carboxylic acids is 1. The van der Waals surface area contributed by atoms with E-state index < -0.39 is 5.60 Å². The van der Waals surface area contributed by atoms with Crippen LogP contribution in [0.2, 0.25) is 0 Å². The van der Waals surface area contributed by atoms with Gasteiger partial charge < -0.3 is 25.0 Å². The first-order valence-corrected chi connectivity index (χ1v) is 13.3. The molecule has 7 heteroatoms. The quantitative estimate of drug-likeness (QED) is 0.314. The molecule has 1 atom stereocenters. The molecule has 1 aliphatic heterocycles. The van der Waals surface area contributed by atoms with Crippen molar-refractivity contribution >= 4 is 5.78 Å². The van der Waals surface area contributed by atoms with Crippen LogP contribution in [0, 0.1) is 6.92 Å². The molecule has 2 heterocycles. The van der Waals surface area contributed by atoms with Gasteiger partial charge in [-0.2, -0.15) is 0 Å². The van der Waals surface area contributed by atoms with Gasteiger partial charge in [0.15, 0.2) is 17.3 Å². The normalized spacial score (nSPS) is 15.6. The van der Waals surface area contributed by atoms with Crippen molar-refractivity contribution in [3.8, 4) is 22.8 Å². The summed E-state index contributed by atoms with van der Waals surface area (Å²) in [6.45, 7) is 5.76. The average Bonchev–Trinajstić information content (AvgIpc) is 2.95. The number of ketones is 1. The van der Waals surface area contributed by atoms with E-state index in [4.69, 9.17) is 19.6 Å². The minimum atomic E-state index is -1.29. The number of pyridine rings is 1. The third kappa shape index (κ3) is 6.78. The number of carbonyl (C=O) groups is 1. The fraction of sp³-hybridized carbons (Fsp3) is 0.419. The molecule has 0 saturated carbocycles. The van der Waals surface area contributed by atoms with Gasteiger partial charge in [0.1, 0.15) is 12.2 Å². The molecule has 202 valence electrons. The van der Waals surface area contributed by atoms with E-state index in [1.807, 2.05) is 6.07 Å². The molecule has 7 nitrogen and oxygen atoms in total. The van der Waals surface area contributed by atoms with Crippen molar-refractivity contribution in [3.63, 3.8) is 0 Å². The molecule has 3 aromatic rings. The number of rotatable bonds is 11. The summed E-state index contributed by atoms with van der Waals surface area (Å²) in [5, 5.41) is 24.0. The van der Waals surface area contributed by atoms with Crippen molar-refractivity contribution in [3.05, 3.63) is 77.0 Å². The third-order valence-electron chi connectivity index (χ3n) is 7.23. The number of aliphatic hydroxyl groups is 2. The zero-order chi connectivity index (χ0) is 27.1. The predicted octanol–water partition coefficient (Wildman–Crippen LogP) is 4.77. The lowest BCUT2D eigenvalue weighted by molar-refractivity contribution is 0.0397. The second-order valence-electron chi connectivity index (χ2n) is 10.2. The maximum Gasteiger partial charge on any atom is 0.163 e. The molecule has 1 saturated heterocycles. The number of piperidine rings is 1. The second-order valence-corrected chi connectivity index (χ2v) is 10.2. The van der Waals surface area contributed by atoms with Crippen LogP contribution < -0.4 is 14.8 Å². The number of aliphatic hydroxyl groups excluding tert-OH is 1. The number of nitrogens with one attached hydrogen (secondary N) is 1. The van der Waals surface area contributed by atoms with E-state index in [-0.39, 0.29) is 31.8 Å². The minimum Gasteiger partial charge on any atom is -0.493 e. The highest BCUT2D eigenvalue weighted by Crippen LogP contribution is 2.34. The van der Waals surface area contributed by atoms with Crippen molar-refractivity contribution in [2.45, 2.75) is 51.0 Å². The van der Waals surface area contributed by atoms with Gasteiger partial charge in [0.25, 0.3) is 0 Å². The van der Waals surface area contributed by atoms with E-state index in [9.17, 15) is 9.90 Å². The Morgan fingerprint density at radius 1 is 1.08 bits per heavy atom. The monoisotopic (exact) mass is 518 g/mol. The number of ether oxygens (including phenoxy) is 2. The second kappa shape index (κ2) is 12.5. The van der Waals surface area contributed by atoms with Crippen LogP contribution in [-0.4, -0.2) is 54.4 Å². The summed E-state index contributed by atoms with van der Waals surface area (Å²) in [5.74, 6) is 1.19. The van der Waals surface area contributed by atoms with Crippen LogP contribution >= 0.6 is 0 Å². The summed E-state index contributed by atoms with van der Waals surface area (Å²) >= 11 is 0. The molecule has 0 amide bonds. The van der Waals surface area contributed by atoms with E-state index in [2.05, 4.69) is 42.6 Å². The summed E-state index contributed by atoms with van der Waals surface area (Å²) in [7, 11) is 1.51. The Morgan fingerprint density at radius 3 is 2.50 bits per heavy atom. The smallest absolute Gasteiger partial charge is 0.163 e. The van der Waals surface area contributed by atoms with E-state index in [1.165, 1.54) is 18.2 Å². The van der Waals surface area contributed by atoms with Gasteiger partial charge in [-0.05, 0) is 88.0 Å². The Bertz CT molecular complexity index is 1230. The Labute approximate surface area is 224 Å². The highest BCUT2D eigenvalue weighted by atomic mass is 16.5. The van der Waals surface area contributed by atoms with Gasteiger partial charge in [0.2, 0.25) is 0 Å². The average molecular weight is 519 g/mol. The topological polar surface area (TPSA) is 101 Å². The molecule has 4 rings (SSSR count). The Balaban J connectivity index is 1.57. The molecule has 0 radical (unpaired) electrons. The maximum absolute atomic E-state index is 13.1. The van der Waals surface area contributed by atoms with Crippen molar-refractivity contribution in [2.24, 2.45) is 0 Å². The minimum absolute atomic E-state index is 0.106. The first-order chi connectivity index (χ1) is 18.3. The lowest BCUT2D eigenvalue weighted by Crippen LogP contribution is -2.28. The fourth-order valence-electron chi connectivity index (χ4n) is 4.84. The summed E-state index contributed by atoms with van der Waals surface area (Å²) in [6, 6.07) is 17.4. The molecule has 3 N–H and O–H groups in total. The molecule has 0 aliphatic carbocycles. The standard InChI is InChI=1S/C31H38N2O5/c1-21-4-6-23(7-5-21)26-18-25(22-11-14-32-15-12-22)20-30(33-26)31(2,36)13-10-27(35)24-8-9-28(38-17-16-34)29(19-24)37-3/h4-9,18-20,22,32,34,36H,10-17H2,1-3H3. The van der Waals surface area contributed by atoms with Gasteiger partial charge in [-0.25, -0.2) is 4.98 Å². The molecule has 2 aromatic carbocycles. The van der Waals surface area contributed by atoms with Gasteiger partial charge >= 0.3 is 0 Å². The number of benzene rings is 2. The van der Waals surface area contributed by atoms with Crippen LogP contribution in [0.25, 0.3) is 11.3 Å². The number of hydrogen-bond donors (Lipinski definition) is 3. The molecule has 1 aromatic heterocycles. The number of aryl methyl sites for hydroxylation is 1. The van der Waals surface area contributed by atoms with Gasteiger partial charge in [-0.3, -0.25) is 4.79 Å². The van der Waals surface area contributed by atoms with E-state index >= 15 is 0 Å². The van der Waals surface area contributed by atoms with Crippen LogP contribution in [0.1, 0.15) is 65.7 Å².